The topological polar surface area (TPSA) is 63.2 Å². The minimum absolute atomic E-state index is 0.0553. The van der Waals surface area contributed by atoms with E-state index in [0.717, 1.165) is 12.2 Å². The van der Waals surface area contributed by atoms with Crippen LogP contribution in [0.1, 0.15) is 0 Å². The summed E-state index contributed by atoms with van der Waals surface area (Å²) in [5, 5.41) is 5.75. The van der Waals surface area contributed by atoms with Crippen molar-refractivity contribution in [3.8, 4) is 0 Å². The van der Waals surface area contributed by atoms with E-state index in [1.54, 1.807) is 12.1 Å². The summed E-state index contributed by atoms with van der Waals surface area (Å²) in [5.41, 5.74) is 0.878. The Morgan fingerprint density at radius 1 is 1.42 bits per heavy atom. The summed E-state index contributed by atoms with van der Waals surface area (Å²) < 4.78 is 33.1. The molecule has 5 nitrogen and oxygen atoms in total. The van der Waals surface area contributed by atoms with Gasteiger partial charge in [-0.05, 0) is 29.9 Å². The molecule has 2 aliphatic carbocycles. The molecule has 1 aromatic rings. The lowest BCUT2D eigenvalue weighted by Crippen LogP contribution is -2.32. The maximum Gasteiger partial charge on any atom is 0.320 e. The third kappa shape index (κ3) is 2.54. The van der Waals surface area contributed by atoms with Gasteiger partial charge in [-0.15, -0.1) is 0 Å². The van der Waals surface area contributed by atoms with Gasteiger partial charge in [0, 0.05) is 17.7 Å². The van der Waals surface area contributed by atoms with Gasteiger partial charge in [0.25, 0.3) is 0 Å². The zero-order chi connectivity index (χ0) is 16.8. The maximum absolute atomic E-state index is 14.1. The summed E-state index contributed by atoms with van der Waals surface area (Å²) >= 11 is 5.73. The molecule has 0 spiro atoms. The molecule has 4 rings (SSSR count). The Labute approximate surface area is 141 Å². The summed E-state index contributed by atoms with van der Waals surface area (Å²) in [5.74, 6) is -0.444. The predicted octanol–water partition coefficient (Wildman–Crippen LogP) is 3.27. The van der Waals surface area contributed by atoms with Crippen molar-refractivity contribution in [1.29, 1.82) is 0 Å². The van der Waals surface area contributed by atoms with Gasteiger partial charge in [-0.3, -0.25) is 5.32 Å². The normalized spacial score (nSPS) is 27.2. The predicted molar refractivity (Wildman–Crippen MR) is 83.8 cm³/mol. The van der Waals surface area contributed by atoms with Gasteiger partial charge >= 0.3 is 6.03 Å². The number of hydrogen-bond acceptors (Lipinski definition) is 3. The molecule has 0 saturated heterocycles. The van der Waals surface area contributed by atoms with Gasteiger partial charge in [-0.2, -0.15) is 0 Å². The van der Waals surface area contributed by atoms with Crippen molar-refractivity contribution in [2.45, 2.75) is 12.2 Å². The second kappa shape index (κ2) is 5.59. The molecule has 1 aliphatic heterocycles. The lowest BCUT2D eigenvalue weighted by atomic mass is 10.00. The van der Waals surface area contributed by atoms with E-state index in [1.807, 2.05) is 0 Å². The number of anilines is 1. The van der Waals surface area contributed by atoms with Gasteiger partial charge in [0.1, 0.15) is 12.0 Å². The molecule has 3 unspecified atom stereocenters. The Balaban J connectivity index is 1.49. The first-order valence-corrected chi connectivity index (χ1v) is 7.70. The number of hydrogen-bond donors (Lipinski definition) is 2. The van der Waals surface area contributed by atoms with Crippen LogP contribution in [0.3, 0.4) is 0 Å². The van der Waals surface area contributed by atoms with E-state index in [4.69, 9.17) is 16.3 Å². The highest BCUT2D eigenvalue weighted by molar-refractivity contribution is 6.30. The van der Waals surface area contributed by atoms with E-state index in [9.17, 15) is 13.6 Å². The number of ether oxygens (including phenoxy) is 1. The second-order valence-electron chi connectivity index (χ2n) is 5.66. The molecule has 1 saturated carbocycles. The van der Waals surface area contributed by atoms with Gasteiger partial charge in [0.15, 0.2) is 11.6 Å². The van der Waals surface area contributed by atoms with Crippen LogP contribution in [0, 0.1) is 5.92 Å². The average molecular weight is 352 g/mol. The first-order chi connectivity index (χ1) is 11.5. The number of carbonyl (C=O) groups is 1. The molecule has 2 N–H and O–H groups in total. The van der Waals surface area contributed by atoms with E-state index in [-0.39, 0.29) is 29.9 Å². The third-order valence-corrected chi connectivity index (χ3v) is 4.37. The van der Waals surface area contributed by atoms with Crippen LogP contribution in [0.15, 0.2) is 53.2 Å². The van der Waals surface area contributed by atoms with Crippen LogP contribution < -0.4 is 10.6 Å². The summed E-state index contributed by atoms with van der Waals surface area (Å²) in [6.45, 7) is 0.215. The van der Waals surface area contributed by atoms with E-state index in [0.29, 0.717) is 16.4 Å². The van der Waals surface area contributed by atoms with Crippen molar-refractivity contribution in [2.75, 3.05) is 11.9 Å². The zero-order valence-electron chi connectivity index (χ0n) is 12.2. The third-order valence-electron chi connectivity index (χ3n) is 4.15. The summed E-state index contributed by atoms with van der Waals surface area (Å²) in [4.78, 5) is 16.0. The molecule has 0 radical (unpaired) electrons. The van der Waals surface area contributed by atoms with Crippen molar-refractivity contribution < 1.29 is 18.3 Å². The first-order valence-electron chi connectivity index (χ1n) is 7.33. The molecule has 124 valence electrons. The molecule has 0 bridgehead atoms. The minimum atomic E-state index is -1.43. The highest BCUT2D eigenvalue weighted by Crippen LogP contribution is 2.50. The maximum atomic E-state index is 14.1. The lowest BCUT2D eigenvalue weighted by molar-refractivity contribution is 0.181. The summed E-state index contributed by atoms with van der Waals surface area (Å²) in [6, 6.07) is 2.31. The number of halogens is 3. The van der Waals surface area contributed by atoms with E-state index < -0.39 is 18.0 Å². The van der Waals surface area contributed by atoms with Gasteiger partial charge < -0.3 is 10.1 Å². The van der Waals surface area contributed by atoms with Crippen molar-refractivity contribution in [3.63, 3.8) is 0 Å². The van der Waals surface area contributed by atoms with Crippen molar-refractivity contribution in [2.24, 2.45) is 5.92 Å². The number of amides is 2. The Bertz CT molecular complexity index is 804. The Hall–Kier alpha value is -2.41. The number of allylic oxidation sites excluding steroid dienone is 4. The Morgan fingerprint density at radius 2 is 2.25 bits per heavy atom. The average Bonchev–Trinajstić information content (AvgIpc) is 3.26. The molecule has 24 heavy (non-hydrogen) atoms. The molecular weight excluding hydrogens is 340 g/mol. The van der Waals surface area contributed by atoms with E-state index in [1.165, 1.54) is 6.20 Å². The molecule has 1 aromatic heterocycles. The van der Waals surface area contributed by atoms with Crippen molar-refractivity contribution in [3.05, 3.63) is 58.2 Å². The second-order valence-corrected chi connectivity index (χ2v) is 6.10. The van der Waals surface area contributed by atoms with Gasteiger partial charge in [-0.25, -0.2) is 18.6 Å². The number of alkyl halides is 1. The molecule has 0 aromatic carbocycles. The number of urea groups is 1. The minimum Gasteiger partial charge on any atom is -0.489 e. The molecular formula is C16H12ClF2N3O2. The van der Waals surface area contributed by atoms with Gasteiger partial charge in [0.05, 0.1) is 17.7 Å². The quantitative estimate of drug-likeness (QED) is 0.859. The largest absolute Gasteiger partial charge is 0.489 e. The fourth-order valence-corrected chi connectivity index (χ4v) is 3.11. The van der Waals surface area contributed by atoms with E-state index in [2.05, 4.69) is 15.6 Å². The number of carbonyl (C=O) groups excluding carboxylic acids is 1. The number of nitrogens with zero attached hydrogens (tertiary/aromatic N) is 1. The summed E-state index contributed by atoms with van der Waals surface area (Å²) in [7, 11) is 0. The van der Waals surface area contributed by atoms with E-state index >= 15 is 0 Å². The SMILES string of the molecule is O=C(Nc1ccc(Cl)cn1)NC1C2=C3C(=C(F)C=CC3F)OCC21. The molecule has 2 amide bonds. The van der Waals surface area contributed by atoms with Crippen molar-refractivity contribution in [1.82, 2.24) is 10.3 Å². The monoisotopic (exact) mass is 351 g/mol. The van der Waals surface area contributed by atoms with Crippen LogP contribution >= 0.6 is 11.6 Å². The lowest BCUT2D eigenvalue weighted by Gasteiger charge is -2.21. The van der Waals surface area contributed by atoms with Crippen LogP contribution in [0.2, 0.25) is 5.02 Å². The fourth-order valence-electron chi connectivity index (χ4n) is 3.00. The fraction of sp³-hybridized carbons (Fsp3) is 0.250. The Morgan fingerprint density at radius 3 is 3.00 bits per heavy atom. The van der Waals surface area contributed by atoms with Crippen molar-refractivity contribution >= 4 is 23.4 Å². The standard InChI is InChI=1S/C16H12ClF2N3O2/c17-7-1-4-11(20-5-7)21-16(23)22-14-8-6-24-15-10(19)3-2-9(18)13(15)12(8)14/h1-5,8-9,14H,6H2,(H2,20,21,22,23). The smallest absolute Gasteiger partial charge is 0.320 e. The van der Waals surface area contributed by atoms with Crippen LogP contribution in [0.5, 0.6) is 0 Å². The number of fused-ring (bicyclic) bond motifs is 2. The number of aromatic nitrogens is 1. The summed E-state index contributed by atoms with van der Waals surface area (Å²) in [6.07, 6.45) is 2.19. The van der Waals surface area contributed by atoms with Crippen LogP contribution in [-0.4, -0.2) is 29.8 Å². The molecule has 8 heteroatoms. The van der Waals surface area contributed by atoms with Gasteiger partial charge in [0.2, 0.25) is 0 Å². The van der Waals surface area contributed by atoms with Gasteiger partial charge in [-0.1, -0.05) is 11.6 Å². The number of nitrogens with one attached hydrogen (secondary N) is 2. The zero-order valence-corrected chi connectivity index (χ0v) is 13.0. The van der Waals surface area contributed by atoms with Crippen LogP contribution in [-0.2, 0) is 4.74 Å². The molecule has 3 atom stereocenters. The van der Waals surface area contributed by atoms with Crippen LogP contribution in [0.4, 0.5) is 19.4 Å². The molecule has 1 fully saturated rings. The first kappa shape index (κ1) is 15.1. The highest BCUT2D eigenvalue weighted by Gasteiger charge is 2.53. The molecule has 3 aliphatic rings. The Kier molecular flexibility index (Phi) is 3.53. The number of pyridine rings is 1. The number of rotatable bonds is 2. The van der Waals surface area contributed by atoms with Crippen LogP contribution in [0.25, 0.3) is 0 Å². The molecule has 2 heterocycles. The highest BCUT2D eigenvalue weighted by atomic mass is 35.5.